The second-order valence-corrected chi connectivity index (χ2v) is 5.73. The van der Waals surface area contributed by atoms with Gasteiger partial charge >= 0.3 is 7.12 Å². The van der Waals surface area contributed by atoms with Gasteiger partial charge in [0.25, 0.3) is 5.91 Å². The molecule has 0 aliphatic carbocycles. The number of amides is 1. The minimum atomic E-state index is -0.882. The van der Waals surface area contributed by atoms with Gasteiger partial charge in [-0.2, -0.15) is 5.10 Å². The highest BCUT2D eigenvalue weighted by Crippen LogP contribution is 2.19. The van der Waals surface area contributed by atoms with Crippen molar-refractivity contribution >= 4 is 24.3 Å². The van der Waals surface area contributed by atoms with E-state index in [4.69, 9.17) is 4.65 Å². The van der Waals surface area contributed by atoms with E-state index in [1.54, 1.807) is 18.2 Å². The molecule has 0 fully saturated rings. The van der Waals surface area contributed by atoms with Crippen molar-refractivity contribution < 1.29 is 14.5 Å². The van der Waals surface area contributed by atoms with Gasteiger partial charge in [0.1, 0.15) is 0 Å². The van der Waals surface area contributed by atoms with Gasteiger partial charge in [-0.05, 0) is 42.4 Å². The number of rotatable bonds is 2. The number of fused-ring (bicyclic) bond motifs is 2. The summed E-state index contributed by atoms with van der Waals surface area (Å²) in [5, 5.41) is 16.9. The molecule has 3 heterocycles. The van der Waals surface area contributed by atoms with E-state index in [0.29, 0.717) is 18.0 Å². The van der Waals surface area contributed by atoms with Crippen LogP contribution in [0.15, 0.2) is 24.3 Å². The van der Waals surface area contributed by atoms with Crippen molar-refractivity contribution in [3.63, 3.8) is 0 Å². The van der Waals surface area contributed by atoms with Crippen LogP contribution in [0.4, 0.5) is 5.82 Å². The van der Waals surface area contributed by atoms with Crippen LogP contribution in [0.25, 0.3) is 0 Å². The number of hydrogen-bond donors (Lipinski definition) is 2. The Labute approximate surface area is 128 Å². The number of nitrogens with one attached hydrogen (secondary N) is 1. The van der Waals surface area contributed by atoms with E-state index in [9.17, 15) is 9.82 Å². The number of carbonyl (C=O) groups is 1. The molecule has 1 aromatic heterocycles. The van der Waals surface area contributed by atoms with Crippen LogP contribution < -0.4 is 10.8 Å². The zero-order chi connectivity index (χ0) is 15.1. The Morgan fingerprint density at radius 2 is 2.27 bits per heavy atom. The Morgan fingerprint density at radius 3 is 3.14 bits per heavy atom. The molecule has 0 saturated carbocycles. The fraction of sp³-hybridized carbons (Fsp3) is 0.333. The Hall–Kier alpha value is -2.12. The molecule has 112 valence electrons. The summed E-state index contributed by atoms with van der Waals surface area (Å²) >= 11 is 0. The maximum atomic E-state index is 12.3. The number of aryl methyl sites for hydroxylation is 2. The van der Waals surface area contributed by atoms with Gasteiger partial charge in [0.2, 0.25) is 0 Å². The van der Waals surface area contributed by atoms with E-state index >= 15 is 0 Å². The van der Waals surface area contributed by atoms with Crippen molar-refractivity contribution in [2.45, 2.75) is 32.4 Å². The van der Waals surface area contributed by atoms with E-state index in [1.165, 1.54) is 12.1 Å². The molecule has 1 amide bonds. The largest absolute Gasteiger partial charge is 0.491 e. The lowest BCUT2D eigenvalue weighted by Crippen LogP contribution is -2.28. The summed E-state index contributed by atoms with van der Waals surface area (Å²) in [5.74, 6) is 0.401. The molecule has 6 nitrogen and oxygen atoms in total. The number of benzene rings is 1. The number of aromatic nitrogens is 2. The monoisotopic (exact) mass is 297 g/mol. The van der Waals surface area contributed by atoms with Gasteiger partial charge in [0.15, 0.2) is 5.82 Å². The van der Waals surface area contributed by atoms with Gasteiger partial charge in [-0.3, -0.25) is 9.48 Å². The standard InChI is InChI=1S/C15H16BN3O3/c20-15(10-4-5-13-11(7-10)9-22-16(13)21)17-14-8-12-3-1-2-6-19(12)18-14/h4-5,7-8,21H,1-3,6,9H2,(H,17,18,20). The Morgan fingerprint density at radius 1 is 1.36 bits per heavy atom. The highest BCUT2D eigenvalue weighted by molar-refractivity contribution is 6.61. The molecule has 0 atom stereocenters. The minimum Gasteiger partial charge on any atom is -0.423 e. The van der Waals surface area contributed by atoms with Gasteiger partial charge in [-0.1, -0.05) is 6.07 Å². The SMILES string of the molecule is O=C(Nc1cc2n(n1)CCCC2)c1ccc2c(c1)COB2O. The molecule has 0 radical (unpaired) electrons. The van der Waals surface area contributed by atoms with Crippen molar-refractivity contribution in [3.8, 4) is 0 Å². The first-order valence-electron chi connectivity index (χ1n) is 7.51. The molecule has 2 aliphatic heterocycles. The molecule has 0 spiro atoms. The predicted molar refractivity (Wildman–Crippen MR) is 82.0 cm³/mol. The van der Waals surface area contributed by atoms with Gasteiger partial charge in [0.05, 0.1) is 6.61 Å². The molecule has 4 rings (SSSR count). The van der Waals surface area contributed by atoms with Crippen molar-refractivity contribution in [1.82, 2.24) is 9.78 Å². The maximum absolute atomic E-state index is 12.3. The average molecular weight is 297 g/mol. The van der Waals surface area contributed by atoms with Gasteiger partial charge < -0.3 is 15.0 Å². The van der Waals surface area contributed by atoms with Crippen LogP contribution in [0.5, 0.6) is 0 Å². The summed E-state index contributed by atoms with van der Waals surface area (Å²) in [6.45, 7) is 1.25. The predicted octanol–water partition coefficient (Wildman–Crippen LogP) is 0.689. The average Bonchev–Trinajstić information content (AvgIpc) is 3.10. The zero-order valence-electron chi connectivity index (χ0n) is 12.1. The first-order chi connectivity index (χ1) is 10.7. The smallest absolute Gasteiger partial charge is 0.423 e. The third kappa shape index (κ3) is 2.32. The van der Waals surface area contributed by atoms with Crippen LogP contribution >= 0.6 is 0 Å². The molecular weight excluding hydrogens is 281 g/mol. The van der Waals surface area contributed by atoms with E-state index in [-0.39, 0.29) is 5.91 Å². The molecule has 2 aliphatic rings. The third-order valence-electron chi connectivity index (χ3n) is 4.23. The van der Waals surface area contributed by atoms with Crippen molar-refractivity contribution in [2.24, 2.45) is 0 Å². The Balaban J connectivity index is 1.54. The number of hydrogen-bond acceptors (Lipinski definition) is 4. The minimum absolute atomic E-state index is 0.195. The van der Waals surface area contributed by atoms with E-state index < -0.39 is 7.12 Å². The summed E-state index contributed by atoms with van der Waals surface area (Å²) in [6, 6.07) is 7.14. The molecule has 7 heteroatoms. The Kier molecular flexibility index (Phi) is 3.24. The number of nitrogens with zero attached hydrogens (tertiary/aromatic N) is 2. The molecule has 22 heavy (non-hydrogen) atoms. The maximum Gasteiger partial charge on any atom is 0.491 e. The Bertz CT molecular complexity index is 720. The van der Waals surface area contributed by atoms with E-state index in [0.717, 1.165) is 30.4 Å². The first-order valence-corrected chi connectivity index (χ1v) is 7.51. The van der Waals surface area contributed by atoms with Crippen molar-refractivity contribution in [1.29, 1.82) is 0 Å². The van der Waals surface area contributed by atoms with Gasteiger partial charge in [-0.25, -0.2) is 0 Å². The van der Waals surface area contributed by atoms with Crippen molar-refractivity contribution in [3.05, 3.63) is 41.1 Å². The third-order valence-corrected chi connectivity index (χ3v) is 4.23. The normalized spacial score (nSPS) is 16.3. The molecule has 0 unspecified atom stereocenters. The van der Waals surface area contributed by atoms with Gasteiger partial charge in [0, 0.05) is 23.9 Å². The topological polar surface area (TPSA) is 76.4 Å². The summed E-state index contributed by atoms with van der Waals surface area (Å²) in [6.07, 6.45) is 3.32. The molecule has 0 bridgehead atoms. The summed E-state index contributed by atoms with van der Waals surface area (Å²) < 4.78 is 7.10. The van der Waals surface area contributed by atoms with Gasteiger partial charge in [-0.15, -0.1) is 0 Å². The lowest BCUT2D eigenvalue weighted by molar-refractivity contribution is 0.102. The van der Waals surface area contributed by atoms with Crippen LogP contribution in [0.2, 0.25) is 0 Å². The summed E-state index contributed by atoms with van der Waals surface area (Å²) in [4.78, 5) is 12.3. The van der Waals surface area contributed by atoms with Crippen LogP contribution in [0.3, 0.4) is 0 Å². The first kappa shape index (κ1) is 13.5. The lowest BCUT2D eigenvalue weighted by atomic mass is 9.79. The molecule has 1 aromatic carbocycles. The fourth-order valence-corrected chi connectivity index (χ4v) is 3.04. The van der Waals surface area contributed by atoms with Crippen LogP contribution in [-0.2, 0) is 24.2 Å². The molecule has 0 saturated heterocycles. The summed E-state index contributed by atoms with van der Waals surface area (Å²) in [5.41, 5.74) is 3.30. The molecular formula is C15H16BN3O3. The van der Waals surface area contributed by atoms with E-state index in [2.05, 4.69) is 10.4 Å². The summed E-state index contributed by atoms with van der Waals surface area (Å²) in [7, 11) is -0.882. The van der Waals surface area contributed by atoms with E-state index in [1.807, 2.05) is 10.7 Å². The molecule has 2 aromatic rings. The fourth-order valence-electron chi connectivity index (χ4n) is 3.04. The zero-order valence-corrected chi connectivity index (χ0v) is 12.1. The van der Waals surface area contributed by atoms with Crippen molar-refractivity contribution in [2.75, 3.05) is 5.32 Å². The lowest BCUT2D eigenvalue weighted by Gasteiger charge is -2.11. The highest BCUT2D eigenvalue weighted by Gasteiger charge is 2.27. The highest BCUT2D eigenvalue weighted by atomic mass is 16.5. The quantitative estimate of drug-likeness (QED) is 0.800. The second kappa shape index (κ2) is 5.26. The van der Waals surface area contributed by atoms with Crippen LogP contribution in [0, 0.1) is 0 Å². The number of anilines is 1. The van der Waals surface area contributed by atoms with Crippen LogP contribution in [0.1, 0.15) is 34.5 Å². The number of carbonyl (C=O) groups excluding carboxylic acids is 1. The van der Waals surface area contributed by atoms with Crippen LogP contribution in [-0.4, -0.2) is 27.8 Å². The molecule has 2 N–H and O–H groups in total. The second-order valence-electron chi connectivity index (χ2n) is 5.73.